The van der Waals surface area contributed by atoms with Crippen molar-refractivity contribution in [3.63, 3.8) is 0 Å². The first-order valence-corrected chi connectivity index (χ1v) is 9.88. The number of hydrogen-bond donors (Lipinski definition) is 1. The Hall–Kier alpha value is -0.340. The minimum Gasteiger partial charge on any atom is -0.357 e. The minimum absolute atomic E-state index is 0. The predicted molar refractivity (Wildman–Crippen MR) is 117 cm³/mol. The number of hydrogen-bond acceptors (Lipinski definition) is 3. The molecule has 1 fully saturated rings. The molecule has 1 aromatic rings. The Kier molecular flexibility index (Phi) is 10.9. The van der Waals surface area contributed by atoms with Crippen LogP contribution in [-0.4, -0.2) is 61.6 Å². The van der Waals surface area contributed by atoms with Gasteiger partial charge < -0.3 is 10.2 Å². The molecule has 0 spiro atoms. The normalized spacial score (nSPS) is 19.0. The maximum absolute atomic E-state index is 4.93. The van der Waals surface area contributed by atoms with Crippen LogP contribution in [0.1, 0.15) is 38.0 Å². The van der Waals surface area contributed by atoms with Crippen LogP contribution in [0.25, 0.3) is 0 Å². The Labute approximate surface area is 168 Å². The second-order valence-corrected chi connectivity index (χ2v) is 7.26. The van der Waals surface area contributed by atoms with E-state index in [1.807, 2.05) is 11.3 Å². The number of rotatable bonds is 7. The fourth-order valence-corrected chi connectivity index (χ4v) is 3.88. The van der Waals surface area contributed by atoms with Gasteiger partial charge in [-0.1, -0.05) is 19.4 Å². The van der Waals surface area contributed by atoms with Crippen LogP contribution in [-0.2, 0) is 6.42 Å². The van der Waals surface area contributed by atoms with Gasteiger partial charge in [0.05, 0.1) is 6.54 Å². The molecule has 0 saturated carbocycles. The van der Waals surface area contributed by atoms with Gasteiger partial charge in [0.15, 0.2) is 5.96 Å². The van der Waals surface area contributed by atoms with Crippen LogP contribution >= 0.6 is 35.3 Å². The number of piperidine rings is 1. The van der Waals surface area contributed by atoms with E-state index in [0.717, 1.165) is 38.6 Å². The van der Waals surface area contributed by atoms with Crippen LogP contribution in [0.15, 0.2) is 22.5 Å². The molecule has 1 atom stereocenters. The topological polar surface area (TPSA) is 30.9 Å². The van der Waals surface area contributed by atoms with Gasteiger partial charge in [-0.25, -0.2) is 0 Å². The van der Waals surface area contributed by atoms with Gasteiger partial charge in [-0.3, -0.25) is 9.89 Å². The van der Waals surface area contributed by atoms with E-state index < -0.39 is 0 Å². The highest BCUT2D eigenvalue weighted by Crippen LogP contribution is 2.17. The quantitative estimate of drug-likeness (QED) is 0.380. The summed E-state index contributed by atoms with van der Waals surface area (Å²) in [5.41, 5.74) is 0. The molecule has 1 saturated heterocycles. The molecule has 1 aliphatic heterocycles. The smallest absolute Gasteiger partial charge is 0.193 e. The van der Waals surface area contributed by atoms with Crippen molar-refractivity contribution < 1.29 is 0 Å². The Morgan fingerprint density at radius 2 is 2.25 bits per heavy atom. The highest BCUT2D eigenvalue weighted by molar-refractivity contribution is 14.0. The van der Waals surface area contributed by atoms with E-state index in [1.165, 1.54) is 30.7 Å². The number of halogens is 1. The van der Waals surface area contributed by atoms with E-state index in [4.69, 9.17) is 4.99 Å². The lowest BCUT2D eigenvalue weighted by Crippen LogP contribution is -2.44. The summed E-state index contributed by atoms with van der Waals surface area (Å²) >= 11 is 1.84. The third-order valence-electron chi connectivity index (χ3n) is 4.58. The van der Waals surface area contributed by atoms with Crippen molar-refractivity contribution in [2.45, 2.75) is 45.6 Å². The highest BCUT2D eigenvalue weighted by Gasteiger charge is 2.20. The molecular formula is C18H33IN4S. The lowest BCUT2D eigenvalue weighted by Gasteiger charge is -2.34. The second kappa shape index (κ2) is 12.1. The van der Waals surface area contributed by atoms with Gasteiger partial charge in [0, 0.05) is 31.1 Å². The van der Waals surface area contributed by atoms with Crippen LogP contribution in [0.5, 0.6) is 0 Å². The molecule has 6 heteroatoms. The summed E-state index contributed by atoms with van der Waals surface area (Å²) in [5, 5.41) is 5.60. The summed E-state index contributed by atoms with van der Waals surface area (Å²) in [6.45, 7) is 9.63. The lowest BCUT2D eigenvalue weighted by atomic mass is 10.0. The van der Waals surface area contributed by atoms with E-state index >= 15 is 0 Å². The van der Waals surface area contributed by atoms with Crippen molar-refractivity contribution in [1.29, 1.82) is 0 Å². The molecule has 0 amide bonds. The molecule has 0 bridgehead atoms. The van der Waals surface area contributed by atoms with E-state index in [0.29, 0.717) is 6.04 Å². The Bertz CT molecular complexity index is 464. The first-order valence-electron chi connectivity index (χ1n) is 9.00. The largest absolute Gasteiger partial charge is 0.357 e. The molecule has 0 aliphatic carbocycles. The molecule has 1 aliphatic rings. The zero-order valence-corrected chi connectivity index (χ0v) is 18.5. The van der Waals surface area contributed by atoms with Gasteiger partial charge in [0.2, 0.25) is 0 Å². The minimum atomic E-state index is 0. The molecule has 1 unspecified atom stereocenters. The van der Waals surface area contributed by atoms with Gasteiger partial charge in [-0.2, -0.15) is 0 Å². The molecule has 2 rings (SSSR count). The fraction of sp³-hybridized carbons (Fsp3) is 0.722. The molecule has 24 heavy (non-hydrogen) atoms. The van der Waals surface area contributed by atoms with Crippen molar-refractivity contribution >= 4 is 41.3 Å². The Balaban J connectivity index is 0.00000288. The van der Waals surface area contributed by atoms with Gasteiger partial charge in [0.1, 0.15) is 0 Å². The standard InChI is InChI=1S/C18H32N4S.HI/c1-4-19-18(21(3)13-11-17-10-8-14-23-17)20-15-16-9-6-7-12-22(16)5-2;/h8,10,14,16H,4-7,9,11-13,15H2,1-3H3,(H,19,20);1H. The maximum Gasteiger partial charge on any atom is 0.193 e. The van der Waals surface area contributed by atoms with Crippen LogP contribution in [0.4, 0.5) is 0 Å². The van der Waals surface area contributed by atoms with E-state index in [-0.39, 0.29) is 24.0 Å². The number of nitrogens with one attached hydrogen (secondary N) is 1. The number of aliphatic imine (C=N–C) groups is 1. The van der Waals surface area contributed by atoms with Crippen molar-refractivity contribution in [3.05, 3.63) is 22.4 Å². The van der Waals surface area contributed by atoms with Crippen molar-refractivity contribution in [2.75, 3.05) is 39.8 Å². The molecule has 2 heterocycles. The number of likely N-dealkylation sites (N-methyl/N-ethyl adjacent to an activating group) is 2. The summed E-state index contributed by atoms with van der Waals surface area (Å²) < 4.78 is 0. The number of guanidine groups is 1. The van der Waals surface area contributed by atoms with Crippen LogP contribution < -0.4 is 5.32 Å². The molecule has 0 radical (unpaired) electrons. The van der Waals surface area contributed by atoms with Gasteiger partial charge in [-0.05, 0) is 50.7 Å². The maximum atomic E-state index is 4.93. The first kappa shape index (κ1) is 21.7. The average Bonchev–Trinajstić information content (AvgIpc) is 3.10. The summed E-state index contributed by atoms with van der Waals surface area (Å²) in [6, 6.07) is 4.96. The number of thiophene rings is 1. The van der Waals surface area contributed by atoms with E-state index in [9.17, 15) is 0 Å². The molecule has 138 valence electrons. The summed E-state index contributed by atoms with van der Waals surface area (Å²) in [4.78, 5) is 11.2. The van der Waals surface area contributed by atoms with E-state index in [2.05, 4.69) is 53.5 Å². The summed E-state index contributed by atoms with van der Waals surface area (Å²) in [7, 11) is 2.15. The monoisotopic (exact) mass is 464 g/mol. The molecule has 0 aromatic carbocycles. The SMILES string of the molecule is CCNC(=NCC1CCCCN1CC)N(C)CCc1cccs1.I. The number of likely N-dealkylation sites (tertiary alicyclic amines) is 1. The summed E-state index contributed by atoms with van der Waals surface area (Å²) in [5.74, 6) is 1.05. The Morgan fingerprint density at radius 1 is 1.42 bits per heavy atom. The number of nitrogens with zero attached hydrogens (tertiary/aromatic N) is 3. The zero-order valence-electron chi connectivity index (χ0n) is 15.3. The van der Waals surface area contributed by atoms with Crippen LogP contribution in [0.3, 0.4) is 0 Å². The van der Waals surface area contributed by atoms with Crippen molar-refractivity contribution in [1.82, 2.24) is 15.1 Å². The van der Waals surface area contributed by atoms with Gasteiger partial charge in [-0.15, -0.1) is 35.3 Å². The highest BCUT2D eigenvalue weighted by atomic mass is 127. The lowest BCUT2D eigenvalue weighted by molar-refractivity contribution is 0.161. The van der Waals surface area contributed by atoms with Crippen LogP contribution in [0, 0.1) is 0 Å². The van der Waals surface area contributed by atoms with Crippen molar-refractivity contribution in [3.8, 4) is 0 Å². The molecule has 1 aromatic heterocycles. The second-order valence-electron chi connectivity index (χ2n) is 6.22. The molecular weight excluding hydrogens is 431 g/mol. The third kappa shape index (κ3) is 6.88. The first-order chi connectivity index (χ1) is 11.2. The predicted octanol–water partition coefficient (Wildman–Crippen LogP) is 3.68. The van der Waals surface area contributed by atoms with E-state index in [1.54, 1.807) is 0 Å². The van der Waals surface area contributed by atoms with Crippen LogP contribution in [0.2, 0.25) is 0 Å². The average molecular weight is 464 g/mol. The van der Waals surface area contributed by atoms with Gasteiger partial charge >= 0.3 is 0 Å². The Morgan fingerprint density at radius 3 is 2.92 bits per heavy atom. The zero-order chi connectivity index (χ0) is 16.5. The third-order valence-corrected chi connectivity index (χ3v) is 5.51. The van der Waals surface area contributed by atoms with Crippen molar-refractivity contribution in [2.24, 2.45) is 4.99 Å². The summed E-state index contributed by atoms with van der Waals surface area (Å²) in [6.07, 6.45) is 5.06. The molecule has 1 N–H and O–H groups in total. The van der Waals surface area contributed by atoms with Gasteiger partial charge in [0.25, 0.3) is 0 Å². The fourth-order valence-electron chi connectivity index (χ4n) is 3.18. The molecule has 4 nitrogen and oxygen atoms in total.